The van der Waals surface area contributed by atoms with E-state index in [0.717, 1.165) is 36.4 Å². The van der Waals surface area contributed by atoms with Crippen LogP contribution in [0.1, 0.15) is 49.9 Å². The maximum atomic E-state index is 12.2. The van der Waals surface area contributed by atoms with Crippen LogP contribution in [0.4, 0.5) is 4.79 Å². The van der Waals surface area contributed by atoms with Crippen LogP contribution in [0.25, 0.3) is 0 Å². The van der Waals surface area contributed by atoms with Crippen molar-refractivity contribution >= 4 is 17.4 Å². The molecule has 1 aliphatic rings. The molecule has 0 spiro atoms. The molecule has 0 aliphatic heterocycles. The molecule has 0 bridgehead atoms. The van der Waals surface area contributed by atoms with Crippen LogP contribution in [-0.4, -0.2) is 40.7 Å². The number of aryl methyl sites for hydroxylation is 1. The number of aliphatic hydroxyl groups excluding tert-OH is 1. The number of carbonyl (C=O) groups excluding carboxylic acids is 1. The Morgan fingerprint density at radius 3 is 2.95 bits per heavy atom. The van der Waals surface area contributed by atoms with Crippen molar-refractivity contribution in [1.82, 2.24) is 15.2 Å². The largest absolute Gasteiger partial charge is 0.393 e. The molecule has 1 aromatic heterocycles. The van der Waals surface area contributed by atoms with Gasteiger partial charge in [-0.3, -0.25) is 0 Å². The minimum atomic E-state index is -0.261. The maximum Gasteiger partial charge on any atom is 0.317 e. The van der Waals surface area contributed by atoms with E-state index in [-0.39, 0.29) is 24.1 Å². The molecule has 1 fully saturated rings. The van der Waals surface area contributed by atoms with Crippen LogP contribution in [0, 0.1) is 5.92 Å². The Kier molecular flexibility index (Phi) is 5.58. The van der Waals surface area contributed by atoms with Gasteiger partial charge in [0.15, 0.2) is 0 Å². The predicted octanol–water partition coefficient (Wildman–Crippen LogP) is 2.57. The second kappa shape index (κ2) is 7.22. The van der Waals surface area contributed by atoms with Crippen LogP contribution in [-0.2, 0) is 6.42 Å². The van der Waals surface area contributed by atoms with Gasteiger partial charge in [0.1, 0.15) is 0 Å². The molecule has 2 N–H and O–H groups in total. The van der Waals surface area contributed by atoms with E-state index in [1.807, 2.05) is 12.3 Å². The fourth-order valence-corrected chi connectivity index (χ4v) is 3.56. The van der Waals surface area contributed by atoms with Gasteiger partial charge in [0.05, 0.1) is 22.8 Å². The van der Waals surface area contributed by atoms with Gasteiger partial charge in [0.25, 0.3) is 0 Å². The van der Waals surface area contributed by atoms with Crippen molar-refractivity contribution < 1.29 is 9.90 Å². The SMILES string of the molecule is CCc1nc(C(C)NC(=O)N(C)CC2CCCC2O)cs1. The van der Waals surface area contributed by atoms with Crippen molar-refractivity contribution in [3.8, 4) is 0 Å². The normalized spacial score (nSPS) is 23.0. The lowest BCUT2D eigenvalue weighted by Gasteiger charge is -2.25. The van der Waals surface area contributed by atoms with Gasteiger partial charge in [-0.1, -0.05) is 13.3 Å². The molecule has 5 nitrogen and oxygen atoms in total. The second-order valence-electron chi connectivity index (χ2n) is 5.83. The van der Waals surface area contributed by atoms with Gasteiger partial charge in [-0.25, -0.2) is 9.78 Å². The van der Waals surface area contributed by atoms with Gasteiger partial charge < -0.3 is 15.3 Å². The number of nitrogens with zero attached hydrogens (tertiary/aromatic N) is 2. The number of thiazole rings is 1. The highest BCUT2D eigenvalue weighted by atomic mass is 32.1. The lowest BCUT2D eigenvalue weighted by molar-refractivity contribution is 0.113. The fraction of sp³-hybridized carbons (Fsp3) is 0.733. The molecule has 118 valence electrons. The Hall–Kier alpha value is -1.14. The third-order valence-corrected chi connectivity index (χ3v) is 5.14. The number of urea groups is 1. The average molecular weight is 311 g/mol. The van der Waals surface area contributed by atoms with Gasteiger partial charge in [-0.05, 0) is 26.2 Å². The minimum Gasteiger partial charge on any atom is -0.393 e. The van der Waals surface area contributed by atoms with E-state index in [0.29, 0.717) is 6.54 Å². The number of aliphatic hydroxyl groups is 1. The summed E-state index contributed by atoms with van der Waals surface area (Å²) in [5.74, 6) is 0.210. The summed E-state index contributed by atoms with van der Waals surface area (Å²) in [5, 5.41) is 15.9. The first-order valence-corrected chi connectivity index (χ1v) is 8.53. The summed E-state index contributed by atoms with van der Waals surface area (Å²) in [5.41, 5.74) is 0.916. The van der Waals surface area contributed by atoms with Crippen molar-refractivity contribution in [3.05, 3.63) is 16.1 Å². The molecular formula is C15H25N3O2S. The molecule has 0 aromatic carbocycles. The summed E-state index contributed by atoms with van der Waals surface area (Å²) in [6.45, 7) is 4.63. The Morgan fingerprint density at radius 1 is 1.62 bits per heavy atom. The molecule has 1 heterocycles. The highest BCUT2D eigenvalue weighted by Crippen LogP contribution is 2.26. The first kappa shape index (κ1) is 16.2. The zero-order chi connectivity index (χ0) is 15.4. The monoisotopic (exact) mass is 311 g/mol. The minimum absolute atomic E-state index is 0.0926. The fourth-order valence-electron chi connectivity index (χ4n) is 2.72. The van der Waals surface area contributed by atoms with E-state index in [1.165, 1.54) is 0 Å². The number of nitrogens with one attached hydrogen (secondary N) is 1. The summed E-state index contributed by atoms with van der Waals surface area (Å²) in [6.07, 6.45) is 3.57. The molecule has 0 saturated heterocycles. The van der Waals surface area contributed by atoms with Crippen molar-refractivity contribution in [2.24, 2.45) is 5.92 Å². The van der Waals surface area contributed by atoms with Crippen molar-refractivity contribution in [1.29, 1.82) is 0 Å². The average Bonchev–Trinajstić information content (AvgIpc) is 3.08. The molecule has 2 rings (SSSR count). The van der Waals surface area contributed by atoms with E-state index in [1.54, 1.807) is 23.3 Å². The summed E-state index contributed by atoms with van der Waals surface area (Å²) in [4.78, 5) is 18.4. The van der Waals surface area contributed by atoms with Crippen molar-refractivity contribution in [2.75, 3.05) is 13.6 Å². The zero-order valence-corrected chi connectivity index (χ0v) is 13.8. The van der Waals surface area contributed by atoms with Gasteiger partial charge >= 0.3 is 6.03 Å². The molecule has 0 radical (unpaired) electrons. The summed E-state index contributed by atoms with van der Waals surface area (Å²) >= 11 is 1.63. The highest BCUT2D eigenvalue weighted by Gasteiger charge is 2.27. The van der Waals surface area contributed by atoms with Gasteiger partial charge in [0.2, 0.25) is 0 Å². The lowest BCUT2D eigenvalue weighted by atomic mass is 10.1. The Balaban J connectivity index is 1.84. The van der Waals surface area contributed by atoms with Crippen molar-refractivity contribution in [2.45, 2.75) is 51.7 Å². The second-order valence-corrected chi connectivity index (χ2v) is 6.77. The molecule has 6 heteroatoms. The Bertz CT molecular complexity index is 477. The number of rotatable bonds is 5. The third-order valence-electron chi connectivity index (χ3n) is 4.13. The number of amides is 2. The Labute approximate surface area is 130 Å². The molecule has 2 amide bonds. The molecule has 21 heavy (non-hydrogen) atoms. The summed E-state index contributed by atoms with van der Waals surface area (Å²) in [6, 6.07) is -0.197. The first-order valence-electron chi connectivity index (χ1n) is 7.65. The van der Waals surface area contributed by atoms with E-state index < -0.39 is 0 Å². The predicted molar refractivity (Wildman–Crippen MR) is 84.4 cm³/mol. The van der Waals surface area contributed by atoms with Gasteiger partial charge in [-0.2, -0.15) is 0 Å². The highest BCUT2D eigenvalue weighted by molar-refractivity contribution is 7.09. The van der Waals surface area contributed by atoms with Crippen LogP contribution in [0.2, 0.25) is 0 Å². The van der Waals surface area contributed by atoms with Crippen LogP contribution < -0.4 is 5.32 Å². The molecule has 1 saturated carbocycles. The van der Waals surface area contributed by atoms with E-state index in [9.17, 15) is 9.90 Å². The molecular weight excluding hydrogens is 286 g/mol. The van der Waals surface area contributed by atoms with E-state index >= 15 is 0 Å². The maximum absolute atomic E-state index is 12.2. The third kappa shape index (κ3) is 4.17. The van der Waals surface area contributed by atoms with Gasteiger partial charge in [-0.15, -0.1) is 11.3 Å². The van der Waals surface area contributed by atoms with Crippen LogP contribution in [0.5, 0.6) is 0 Å². The van der Waals surface area contributed by atoms with Crippen LogP contribution in [0.3, 0.4) is 0 Å². The van der Waals surface area contributed by atoms with E-state index in [4.69, 9.17) is 0 Å². The number of hydrogen-bond donors (Lipinski definition) is 2. The number of carbonyl (C=O) groups is 1. The smallest absolute Gasteiger partial charge is 0.317 e. The van der Waals surface area contributed by atoms with Crippen LogP contribution in [0.15, 0.2) is 5.38 Å². The topological polar surface area (TPSA) is 65.5 Å². The summed E-state index contributed by atoms with van der Waals surface area (Å²) < 4.78 is 0. The van der Waals surface area contributed by atoms with Crippen molar-refractivity contribution in [3.63, 3.8) is 0 Å². The number of hydrogen-bond acceptors (Lipinski definition) is 4. The van der Waals surface area contributed by atoms with E-state index in [2.05, 4.69) is 17.2 Å². The van der Waals surface area contributed by atoms with Crippen LogP contribution >= 0.6 is 11.3 Å². The first-order chi connectivity index (χ1) is 10.0. The number of aromatic nitrogens is 1. The molecule has 3 atom stereocenters. The van der Waals surface area contributed by atoms with Gasteiger partial charge in [0, 0.05) is 24.9 Å². The quantitative estimate of drug-likeness (QED) is 0.878. The molecule has 1 aliphatic carbocycles. The molecule has 1 aromatic rings. The lowest BCUT2D eigenvalue weighted by Crippen LogP contribution is -2.42. The zero-order valence-electron chi connectivity index (χ0n) is 13.0. The Morgan fingerprint density at radius 2 is 2.38 bits per heavy atom. The molecule has 3 unspecified atom stereocenters. The standard InChI is InChI=1S/C15H25N3O2S/c1-4-14-17-12(9-21-14)10(2)16-15(20)18(3)8-11-6-5-7-13(11)19/h9-11,13,19H,4-8H2,1-3H3,(H,16,20). The summed E-state index contributed by atoms with van der Waals surface area (Å²) in [7, 11) is 1.78.